The average molecular weight is 253 g/mol. The van der Waals surface area contributed by atoms with E-state index in [4.69, 9.17) is 23.2 Å². The molecular formula is C12H10Cl2N2. The van der Waals surface area contributed by atoms with E-state index in [2.05, 4.69) is 10.3 Å². The van der Waals surface area contributed by atoms with Gasteiger partial charge in [-0.1, -0.05) is 29.3 Å². The molecule has 1 aromatic carbocycles. The fourth-order valence-electron chi connectivity index (χ4n) is 1.40. The first-order chi connectivity index (χ1) is 7.70. The molecule has 2 nitrogen and oxygen atoms in total. The van der Waals surface area contributed by atoms with Gasteiger partial charge in [0.15, 0.2) is 0 Å². The largest absolute Gasteiger partial charge is 0.388 e. The van der Waals surface area contributed by atoms with Crippen molar-refractivity contribution in [3.8, 4) is 11.3 Å². The molecule has 0 unspecified atom stereocenters. The number of benzene rings is 1. The van der Waals surface area contributed by atoms with E-state index in [9.17, 15) is 0 Å². The first kappa shape index (κ1) is 11.2. The summed E-state index contributed by atoms with van der Waals surface area (Å²) in [5.41, 5.74) is 2.83. The minimum atomic E-state index is 0.538. The lowest BCUT2D eigenvalue weighted by atomic mass is 10.1. The van der Waals surface area contributed by atoms with Gasteiger partial charge in [0.1, 0.15) is 0 Å². The van der Waals surface area contributed by atoms with E-state index in [1.807, 2.05) is 31.3 Å². The lowest BCUT2D eigenvalue weighted by Gasteiger charge is -2.05. The third kappa shape index (κ3) is 2.29. The molecule has 2 aromatic rings. The Kier molecular flexibility index (Phi) is 3.32. The highest BCUT2D eigenvalue weighted by Crippen LogP contribution is 2.28. The quantitative estimate of drug-likeness (QED) is 0.871. The molecular weight excluding hydrogens is 243 g/mol. The highest BCUT2D eigenvalue weighted by atomic mass is 35.5. The minimum absolute atomic E-state index is 0.538. The molecule has 0 fully saturated rings. The Bertz CT molecular complexity index is 512. The Balaban J connectivity index is 2.46. The summed E-state index contributed by atoms with van der Waals surface area (Å²) in [7, 11) is 1.87. The van der Waals surface area contributed by atoms with Crippen LogP contribution in [0, 0.1) is 0 Å². The molecule has 1 N–H and O–H groups in total. The van der Waals surface area contributed by atoms with Crippen LogP contribution in [0.25, 0.3) is 11.3 Å². The number of hydrogen-bond acceptors (Lipinski definition) is 2. The molecule has 0 aliphatic carbocycles. The van der Waals surface area contributed by atoms with Gasteiger partial charge < -0.3 is 5.32 Å². The van der Waals surface area contributed by atoms with E-state index in [-0.39, 0.29) is 0 Å². The fraction of sp³-hybridized carbons (Fsp3) is 0.0833. The Labute approximate surface area is 104 Å². The maximum absolute atomic E-state index is 5.96. The molecule has 1 heterocycles. The molecule has 0 saturated carbocycles. The highest BCUT2D eigenvalue weighted by Gasteiger charge is 2.03. The zero-order valence-electron chi connectivity index (χ0n) is 8.67. The first-order valence-electron chi connectivity index (χ1n) is 4.80. The van der Waals surface area contributed by atoms with Crippen LogP contribution in [-0.2, 0) is 0 Å². The molecule has 0 atom stereocenters. The molecule has 0 bridgehead atoms. The average Bonchev–Trinajstić information content (AvgIpc) is 2.33. The van der Waals surface area contributed by atoms with Gasteiger partial charge in [-0.05, 0) is 24.3 Å². The van der Waals surface area contributed by atoms with Gasteiger partial charge in [0, 0.05) is 24.5 Å². The summed E-state index contributed by atoms with van der Waals surface area (Å²) < 4.78 is 0. The first-order valence-corrected chi connectivity index (χ1v) is 5.55. The highest BCUT2D eigenvalue weighted by molar-refractivity contribution is 6.42. The second-order valence-corrected chi connectivity index (χ2v) is 4.12. The molecule has 82 valence electrons. The summed E-state index contributed by atoms with van der Waals surface area (Å²) in [4.78, 5) is 4.29. The molecule has 16 heavy (non-hydrogen) atoms. The summed E-state index contributed by atoms with van der Waals surface area (Å²) in [6.07, 6.45) is 1.75. The summed E-state index contributed by atoms with van der Waals surface area (Å²) in [6.45, 7) is 0. The molecule has 0 saturated heterocycles. The fourth-order valence-corrected chi connectivity index (χ4v) is 1.70. The van der Waals surface area contributed by atoms with E-state index in [1.165, 1.54) is 0 Å². The van der Waals surface area contributed by atoms with Crippen LogP contribution in [0.1, 0.15) is 0 Å². The summed E-state index contributed by atoms with van der Waals surface area (Å²) >= 11 is 11.8. The summed E-state index contributed by atoms with van der Waals surface area (Å²) in [6, 6.07) is 9.34. The molecule has 0 aliphatic heterocycles. The van der Waals surface area contributed by atoms with Gasteiger partial charge >= 0.3 is 0 Å². The Hall–Kier alpha value is -1.25. The minimum Gasteiger partial charge on any atom is -0.388 e. The number of hydrogen-bond donors (Lipinski definition) is 1. The van der Waals surface area contributed by atoms with Crippen molar-refractivity contribution >= 4 is 28.9 Å². The van der Waals surface area contributed by atoms with Gasteiger partial charge in [-0.2, -0.15) is 0 Å². The van der Waals surface area contributed by atoms with E-state index in [1.54, 1.807) is 12.3 Å². The molecule has 4 heteroatoms. The van der Waals surface area contributed by atoms with Crippen LogP contribution in [0.3, 0.4) is 0 Å². The maximum atomic E-state index is 5.96. The molecule has 2 rings (SSSR count). The van der Waals surface area contributed by atoms with Crippen molar-refractivity contribution in [1.82, 2.24) is 4.98 Å². The summed E-state index contributed by atoms with van der Waals surface area (Å²) in [5.74, 6) is 0. The predicted octanol–water partition coefficient (Wildman–Crippen LogP) is 4.10. The Morgan fingerprint density at radius 2 is 1.88 bits per heavy atom. The number of halogens is 2. The number of anilines is 1. The molecule has 0 amide bonds. The number of rotatable bonds is 2. The van der Waals surface area contributed by atoms with Crippen molar-refractivity contribution in [1.29, 1.82) is 0 Å². The van der Waals surface area contributed by atoms with Gasteiger partial charge in [0.2, 0.25) is 0 Å². The van der Waals surface area contributed by atoms with Crippen LogP contribution < -0.4 is 5.32 Å². The van der Waals surface area contributed by atoms with Crippen molar-refractivity contribution in [3.63, 3.8) is 0 Å². The third-order valence-electron chi connectivity index (χ3n) is 2.26. The van der Waals surface area contributed by atoms with Crippen molar-refractivity contribution in [2.24, 2.45) is 0 Å². The van der Waals surface area contributed by atoms with Gasteiger partial charge in [0.25, 0.3) is 0 Å². The standard InChI is InChI=1S/C12H10Cl2N2/c1-15-9-4-5-16-12(7-9)8-2-3-10(13)11(14)6-8/h2-7H,1H3,(H,15,16). The van der Waals surface area contributed by atoms with Crippen LogP contribution in [0.4, 0.5) is 5.69 Å². The van der Waals surface area contributed by atoms with E-state index in [0.717, 1.165) is 16.9 Å². The van der Waals surface area contributed by atoms with Crippen LogP contribution >= 0.6 is 23.2 Å². The van der Waals surface area contributed by atoms with E-state index in [0.29, 0.717) is 10.0 Å². The number of pyridine rings is 1. The van der Waals surface area contributed by atoms with Gasteiger partial charge in [-0.25, -0.2) is 0 Å². The van der Waals surface area contributed by atoms with Crippen LogP contribution in [0.15, 0.2) is 36.5 Å². The van der Waals surface area contributed by atoms with Crippen molar-refractivity contribution < 1.29 is 0 Å². The van der Waals surface area contributed by atoms with Crippen molar-refractivity contribution in [2.45, 2.75) is 0 Å². The topological polar surface area (TPSA) is 24.9 Å². The lowest BCUT2D eigenvalue weighted by molar-refractivity contribution is 1.31. The smallest absolute Gasteiger partial charge is 0.0723 e. The molecule has 0 spiro atoms. The van der Waals surface area contributed by atoms with Gasteiger partial charge in [-0.3, -0.25) is 4.98 Å². The predicted molar refractivity (Wildman–Crippen MR) is 69.2 cm³/mol. The molecule has 1 aromatic heterocycles. The number of nitrogens with one attached hydrogen (secondary N) is 1. The van der Waals surface area contributed by atoms with Crippen molar-refractivity contribution in [2.75, 3.05) is 12.4 Å². The van der Waals surface area contributed by atoms with E-state index >= 15 is 0 Å². The van der Waals surface area contributed by atoms with Crippen molar-refractivity contribution in [3.05, 3.63) is 46.6 Å². The monoisotopic (exact) mass is 252 g/mol. The normalized spacial score (nSPS) is 10.2. The summed E-state index contributed by atoms with van der Waals surface area (Å²) in [5, 5.41) is 4.15. The third-order valence-corrected chi connectivity index (χ3v) is 3.00. The van der Waals surface area contributed by atoms with Gasteiger partial charge in [0.05, 0.1) is 15.7 Å². The van der Waals surface area contributed by atoms with Crippen LogP contribution in [0.2, 0.25) is 10.0 Å². The zero-order valence-corrected chi connectivity index (χ0v) is 10.2. The van der Waals surface area contributed by atoms with E-state index < -0.39 is 0 Å². The van der Waals surface area contributed by atoms with Gasteiger partial charge in [-0.15, -0.1) is 0 Å². The lowest BCUT2D eigenvalue weighted by Crippen LogP contribution is -1.90. The Morgan fingerprint density at radius 1 is 1.06 bits per heavy atom. The second-order valence-electron chi connectivity index (χ2n) is 3.31. The molecule has 0 aliphatic rings. The number of nitrogens with zero attached hydrogens (tertiary/aromatic N) is 1. The van der Waals surface area contributed by atoms with Crippen LogP contribution in [-0.4, -0.2) is 12.0 Å². The second kappa shape index (κ2) is 4.73. The molecule has 0 radical (unpaired) electrons. The zero-order chi connectivity index (χ0) is 11.5. The maximum Gasteiger partial charge on any atom is 0.0723 e. The number of aromatic nitrogens is 1. The SMILES string of the molecule is CNc1ccnc(-c2ccc(Cl)c(Cl)c2)c1. The van der Waals surface area contributed by atoms with Crippen LogP contribution in [0.5, 0.6) is 0 Å². The Morgan fingerprint density at radius 3 is 2.56 bits per heavy atom.